The van der Waals surface area contributed by atoms with Crippen LogP contribution in [0, 0.1) is 11.6 Å². The lowest BCUT2D eigenvalue weighted by molar-refractivity contribution is 0.0960. The summed E-state index contributed by atoms with van der Waals surface area (Å²) >= 11 is 0. The Morgan fingerprint density at radius 2 is 2.08 bits per heavy atom. The van der Waals surface area contributed by atoms with Crippen molar-refractivity contribution in [3.05, 3.63) is 53.4 Å². The third kappa shape index (κ3) is 3.07. The second-order valence-electron chi connectivity index (χ2n) is 5.59. The Balaban J connectivity index is 1.99. The molecule has 1 aromatic carbocycles. The van der Waals surface area contributed by atoms with Crippen molar-refractivity contribution in [3.8, 4) is 5.75 Å². The molecule has 0 saturated carbocycles. The number of carbonyl (C=O) groups excluding carboxylic acids is 1. The highest BCUT2D eigenvalue weighted by molar-refractivity contribution is 6.07. The first-order chi connectivity index (χ1) is 11.5. The molecule has 3 rings (SSSR count). The number of methoxy groups -OCH3 is 1. The van der Waals surface area contributed by atoms with Crippen LogP contribution in [0.2, 0.25) is 0 Å². The van der Waals surface area contributed by atoms with E-state index in [4.69, 9.17) is 9.47 Å². The van der Waals surface area contributed by atoms with Crippen LogP contribution in [0.4, 0.5) is 14.5 Å². The van der Waals surface area contributed by atoms with Crippen molar-refractivity contribution < 1.29 is 23.0 Å². The van der Waals surface area contributed by atoms with Gasteiger partial charge in [0, 0.05) is 31.6 Å². The van der Waals surface area contributed by atoms with Crippen molar-refractivity contribution in [1.82, 2.24) is 4.98 Å². The molecule has 0 N–H and O–H groups in total. The summed E-state index contributed by atoms with van der Waals surface area (Å²) in [5.41, 5.74) is 1.29. The Labute approximate surface area is 137 Å². The monoisotopic (exact) mass is 334 g/mol. The molecular formula is C17H16F2N2O3. The second-order valence-corrected chi connectivity index (χ2v) is 5.59. The van der Waals surface area contributed by atoms with Crippen molar-refractivity contribution in [2.45, 2.75) is 19.6 Å². The molecule has 1 unspecified atom stereocenters. The Kier molecular flexibility index (Phi) is 4.44. The van der Waals surface area contributed by atoms with Crippen molar-refractivity contribution in [2.24, 2.45) is 0 Å². The smallest absolute Gasteiger partial charge is 0.260 e. The van der Waals surface area contributed by atoms with Crippen LogP contribution < -0.4 is 9.64 Å². The van der Waals surface area contributed by atoms with Gasteiger partial charge in [-0.15, -0.1) is 0 Å². The minimum atomic E-state index is -1.03. The molecule has 0 fully saturated rings. The maximum atomic E-state index is 13.6. The van der Waals surface area contributed by atoms with E-state index in [1.807, 2.05) is 0 Å². The van der Waals surface area contributed by atoms with Gasteiger partial charge in [-0.05, 0) is 18.6 Å². The summed E-state index contributed by atoms with van der Waals surface area (Å²) < 4.78 is 37.6. The van der Waals surface area contributed by atoms with E-state index in [1.54, 1.807) is 26.3 Å². The fourth-order valence-corrected chi connectivity index (χ4v) is 2.63. The van der Waals surface area contributed by atoms with Gasteiger partial charge in [0.15, 0.2) is 11.6 Å². The van der Waals surface area contributed by atoms with Crippen LogP contribution in [0.1, 0.15) is 22.8 Å². The quantitative estimate of drug-likeness (QED) is 0.866. The average Bonchev–Trinajstić information content (AvgIpc) is 2.56. The van der Waals surface area contributed by atoms with E-state index in [2.05, 4.69) is 4.98 Å². The lowest BCUT2D eigenvalue weighted by Gasteiger charge is -2.33. The van der Waals surface area contributed by atoms with Crippen LogP contribution >= 0.6 is 0 Å². The summed E-state index contributed by atoms with van der Waals surface area (Å²) in [6, 6.07) is 3.60. The van der Waals surface area contributed by atoms with Gasteiger partial charge in [-0.1, -0.05) is 0 Å². The number of aromatic nitrogens is 1. The largest absolute Gasteiger partial charge is 0.487 e. The standard InChI is InChI=1S/C17H16F2N2O3/c1-10-8-21(15-4-13(18)14(19)5-16(15)24-10)17(22)12-3-11(9-23-2)6-20-7-12/h3-7,10H,8-9H2,1-2H3. The van der Waals surface area contributed by atoms with Gasteiger partial charge in [0.05, 0.1) is 24.4 Å². The lowest BCUT2D eigenvalue weighted by Crippen LogP contribution is -2.42. The molecule has 1 aliphatic rings. The van der Waals surface area contributed by atoms with E-state index in [0.717, 1.165) is 17.7 Å². The van der Waals surface area contributed by atoms with Crippen molar-refractivity contribution in [3.63, 3.8) is 0 Å². The lowest BCUT2D eigenvalue weighted by atomic mass is 10.1. The number of hydrogen-bond acceptors (Lipinski definition) is 4. The van der Waals surface area contributed by atoms with E-state index in [1.165, 1.54) is 11.1 Å². The minimum absolute atomic E-state index is 0.141. The van der Waals surface area contributed by atoms with Gasteiger partial charge in [-0.2, -0.15) is 0 Å². The Morgan fingerprint density at radius 1 is 1.33 bits per heavy atom. The van der Waals surface area contributed by atoms with Gasteiger partial charge in [0.2, 0.25) is 0 Å². The molecule has 126 valence electrons. The average molecular weight is 334 g/mol. The molecule has 0 saturated heterocycles. The summed E-state index contributed by atoms with van der Waals surface area (Å²) in [5, 5.41) is 0. The van der Waals surface area contributed by atoms with Gasteiger partial charge >= 0.3 is 0 Å². The molecule has 7 heteroatoms. The first-order valence-electron chi connectivity index (χ1n) is 7.40. The van der Waals surface area contributed by atoms with Crippen LogP contribution in [-0.4, -0.2) is 30.6 Å². The summed E-state index contributed by atoms with van der Waals surface area (Å²) in [7, 11) is 1.55. The highest BCUT2D eigenvalue weighted by Crippen LogP contribution is 2.36. The molecule has 0 aliphatic carbocycles. The zero-order valence-electron chi connectivity index (χ0n) is 13.3. The Bertz CT molecular complexity index is 782. The number of anilines is 1. The fraction of sp³-hybridized carbons (Fsp3) is 0.294. The maximum absolute atomic E-state index is 13.6. The van der Waals surface area contributed by atoms with E-state index in [9.17, 15) is 13.6 Å². The molecule has 5 nitrogen and oxygen atoms in total. The summed E-state index contributed by atoms with van der Waals surface area (Å²) in [6.07, 6.45) is 2.69. The number of hydrogen-bond donors (Lipinski definition) is 0. The Hall–Kier alpha value is -2.54. The number of amides is 1. The second kappa shape index (κ2) is 6.52. The molecule has 0 spiro atoms. The van der Waals surface area contributed by atoms with Crippen molar-refractivity contribution in [1.29, 1.82) is 0 Å². The zero-order chi connectivity index (χ0) is 17.3. The molecule has 0 radical (unpaired) electrons. The summed E-state index contributed by atoms with van der Waals surface area (Å²) in [4.78, 5) is 18.2. The fourth-order valence-electron chi connectivity index (χ4n) is 2.63. The highest BCUT2D eigenvalue weighted by Gasteiger charge is 2.30. The third-order valence-electron chi connectivity index (χ3n) is 3.66. The van der Waals surface area contributed by atoms with Gasteiger partial charge in [-0.3, -0.25) is 9.78 Å². The number of pyridine rings is 1. The number of halogens is 2. The van der Waals surface area contributed by atoms with Gasteiger partial charge in [0.1, 0.15) is 11.9 Å². The molecule has 1 atom stereocenters. The van der Waals surface area contributed by atoms with E-state index in [-0.39, 0.29) is 30.0 Å². The predicted octanol–water partition coefficient (Wildman–Crippen LogP) is 2.93. The molecule has 24 heavy (non-hydrogen) atoms. The number of nitrogens with zero attached hydrogens (tertiary/aromatic N) is 2. The van der Waals surface area contributed by atoms with E-state index < -0.39 is 11.6 Å². The third-order valence-corrected chi connectivity index (χ3v) is 3.66. The number of carbonyl (C=O) groups is 1. The molecule has 2 heterocycles. The van der Waals surface area contributed by atoms with Crippen LogP contribution in [0.15, 0.2) is 30.6 Å². The number of rotatable bonds is 3. The minimum Gasteiger partial charge on any atom is -0.487 e. The van der Waals surface area contributed by atoms with E-state index in [0.29, 0.717) is 12.2 Å². The number of benzene rings is 1. The summed E-state index contributed by atoms with van der Waals surface area (Å²) in [5.74, 6) is -2.26. The van der Waals surface area contributed by atoms with Gasteiger partial charge in [0.25, 0.3) is 5.91 Å². The van der Waals surface area contributed by atoms with Crippen LogP contribution in [0.5, 0.6) is 5.75 Å². The molecule has 1 amide bonds. The Morgan fingerprint density at radius 3 is 2.83 bits per heavy atom. The number of fused-ring (bicyclic) bond motifs is 1. The first kappa shape index (κ1) is 16.3. The zero-order valence-corrected chi connectivity index (χ0v) is 13.3. The molecule has 0 bridgehead atoms. The van der Waals surface area contributed by atoms with E-state index >= 15 is 0 Å². The SMILES string of the molecule is COCc1cncc(C(=O)N2CC(C)Oc3cc(F)c(F)cc32)c1. The topological polar surface area (TPSA) is 51.7 Å². The summed E-state index contributed by atoms with van der Waals surface area (Å²) in [6.45, 7) is 2.31. The normalized spacial score (nSPS) is 16.5. The maximum Gasteiger partial charge on any atom is 0.260 e. The predicted molar refractivity (Wildman–Crippen MR) is 83.1 cm³/mol. The molecular weight excluding hydrogens is 318 g/mol. The molecule has 2 aromatic rings. The molecule has 1 aromatic heterocycles. The molecule has 1 aliphatic heterocycles. The van der Waals surface area contributed by atoms with Gasteiger partial charge in [-0.25, -0.2) is 8.78 Å². The first-order valence-corrected chi connectivity index (χ1v) is 7.40. The van der Waals surface area contributed by atoms with Crippen molar-refractivity contribution in [2.75, 3.05) is 18.6 Å². The highest BCUT2D eigenvalue weighted by atomic mass is 19.2. The van der Waals surface area contributed by atoms with Crippen LogP contribution in [-0.2, 0) is 11.3 Å². The number of ether oxygens (including phenoxy) is 2. The van der Waals surface area contributed by atoms with Crippen LogP contribution in [0.3, 0.4) is 0 Å². The van der Waals surface area contributed by atoms with Gasteiger partial charge < -0.3 is 14.4 Å². The van der Waals surface area contributed by atoms with Crippen LogP contribution in [0.25, 0.3) is 0 Å². The van der Waals surface area contributed by atoms with Crippen molar-refractivity contribution >= 4 is 11.6 Å².